The Morgan fingerprint density at radius 1 is 1.07 bits per heavy atom. The SMILES string of the molecule is COc1ccc([C@@H](CNC(=O)c2cccc(OC)c2)N2CCOCC2)cc1. The molecule has 144 valence electrons. The van der Waals surface area contributed by atoms with Gasteiger partial charge in [0.25, 0.3) is 5.91 Å². The van der Waals surface area contributed by atoms with Crippen LogP contribution in [-0.4, -0.2) is 57.9 Å². The number of methoxy groups -OCH3 is 2. The number of ether oxygens (including phenoxy) is 3. The van der Waals surface area contributed by atoms with Gasteiger partial charge in [-0.15, -0.1) is 0 Å². The van der Waals surface area contributed by atoms with Gasteiger partial charge in [-0.1, -0.05) is 18.2 Å². The van der Waals surface area contributed by atoms with Gasteiger partial charge < -0.3 is 19.5 Å². The van der Waals surface area contributed by atoms with E-state index < -0.39 is 0 Å². The first kappa shape index (κ1) is 19.2. The van der Waals surface area contributed by atoms with Crippen LogP contribution in [0.15, 0.2) is 48.5 Å². The first-order valence-corrected chi connectivity index (χ1v) is 9.09. The highest BCUT2D eigenvalue weighted by atomic mass is 16.5. The minimum Gasteiger partial charge on any atom is -0.497 e. The van der Waals surface area contributed by atoms with Crippen LogP contribution in [0, 0.1) is 0 Å². The van der Waals surface area contributed by atoms with Gasteiger partial charge in [-0.3, -0.25) is 9.69 Å². The van der Waals surface area contributed by atoms with E-state index in [0.717, 1.165) is 24.4 Å². The summed E-state index contributed by atoms with van der Waals surface area (Å²) < 4.78 is 15.9. The van der Waals surface area contributed by atoms with Gasteiger partial charge in [0.05, 0.1) is 33.5 Å². The maximum absolute atomic E-state index is 12.6. The molecule has 0 bridgehead atoms. The summed E-state index contributed by atoms with van der Waals surface area (Å²) in [6, 6.07) is 15.3. The molecule has 1 N–H and O–H groups in total. The van der Waals surface area contributed by atoms with Gasteiger partial charge in [-0.25, -0.2) is 0 Å². The lowest BCUT2D eigenvalue weighted by molar-refractivity contribution is 0.0162. The van der Waals surface area contributed by atoms with E-state index in [9.17, 15) is 4.79 Å². The van der Waals surface area contributed by atoms with Crippen molar-refractivity contribution in [3.05, 3.63) is 59.7 Å². The van der Waals surface area contributed by atoms with Crippen LogP contribution < -0.4 is 14.8 Å². The average molecular weight is 370 g/mol. The summed E-state index contributed by atoms with van der Waals surface area (Å²) >= 11 is 0. The Kier molecular flexibility index (Phi) is 6.68. The third-order valence-corrected chi connectivity index (χ3v) is 4.77. The molecule has 0 radical (unpaired) electrons. The van der Waals surface area contributed by atoms with Crippen molar-refractivity contribution >= 4 is 5.91 Å². The van der Waals surface area contributed by atoms with Crippen LogP contribution in [0.1, 0.15) is 22.0 Å². The van der Waals surface area contributed by atoms with Crippen LogP contribution in [0.3, 0.4) is 0 Å². The molecule has 0 unspecified atom stereocenters. The number of hydrogen-bond acceptors (Lipinski definition) is 5. The van der Waals surface area contributed by atoms with Crippen molar-refractivity contribution in [3.63, 3.8) is 0 Å². The molecule has 0 aliphatic carbocycles. The third kappa shape index (κ3) is 4.99. The summed E-state index contributed by atoms with van der Waals surface area (Å²) in [5.74, 6) is 1.38. The van der Waals surface area contributed by atoms with Gasteiger partial charge in [0.2, 0.25) is 0 Å². The lowest BCUT2D eigenvalue weighted by Crippen LogP contribution is -2.43. The molecule has 6 heteroatoms. The molecule has 3 rings (SSSR count). The number of hydrogen-bond donors (Lipinski definition) is 1. The number of carbonyl (C=O) groups is 1. The molecule has 0 aromatic heterocycles. The number of carbonyl (C=O) groups excluding carboxylic acids is 1. The van der Waals surface area contributed by atoms with E-state index in [2.05, 4.69) is 22.3 Å². The van der Waals surface area contributed by atoms with Crippen molar-refractivity contribution in [2.45, 2.75) is 6.04 Å². The Bertz CT molecular complexity index is 742. The molecular weight excluding hydrogens is 344 g/mol. The minimum atomic E-state index is -0.110. The Balaban J connectivity index is 1.72. The zero-order chi connectivity index (χ0) is 19.1. The maximum Gasteiger partial charge on any atom is 0.251 e. The number of morpholine rings is 1. The van der Waals surface area contributed by atoms with E-state index in [1.54, 1.807) is 26.4 Å². The highest BCUT2D eigenvalue weighted by molar-refractivity contribution is 5.94. The Labute approximate surface area is 160 Å². The zero-order valence-electron chi connectivity index (χ0n) is 15.8. The molecule has 1 amide bonds. The minimum absolute atomic E-state index is 0.0781. The van der Waals surface area contributed by atoms with E-state index in [1.807, 2.05) is 24.3 Å². The first-order chi connectivity index (χ1) is 13.2. The van der Waals surface area contributed by atoms with Crippen LogP contribution in [0.5, 0.6) is 11.5 Å². The van der Waals surface area contributed by atoms with E-state index in [0.29, 0.717) is 31.1 Å². The molecule has 1 aliphatic rings. The van der Waals surface area contributed by atoms with Crippen molar-refractivity contribution in [2.24, 2.45) is 0 Å². The quantitative estimate of drug-likeness (QED) is 0.812. The molecular formula is C21H26N2O4. The van der Waals surface area contributed by atoms with Gasteiger partial charge in [-0.2, -0.15) is 0 Å². The van der Waals surface area contributed by atoms with Gasteiger partial charge in [0.15, 0.2) is 0 Å². The van der Waals surface area contributed by atoms with Crippen molar-refractivity contribution < 1.29 is 19.0 Å². The largest absolute Gasteiger partial charge is 0.497 e. The van der Waals surface area contributed by atoms with E-state index in [-0.39, 0.29) is 11.9 Å². The van der Waals surface area contributed by atoms with Gasteiger partial charge in [-0.05, 0) is 35.9 Å². The lowest BCUT2D eigenvalue weighted by atomic mass is 10.0. The molecule has 1 saturated heterocycles. The molecule has 1 atom stereocenters. The first-order valence-electron chi connectivity index (χ1n) is 9.09. The number of amides is 1. The predicted octanol–water partition coefficient (Wildman–Crippen LogP) is 2.51. The van der Waals surface area contributed by atoms with E-state index in [4.69, 9.17) is 14.2 Å². The second-order valence-corrected chi connectivity index (χ2v) is 6.38. The Hall–Kier alpha value is -2.57. The average Bonchev–Trinajstić information content (AvgIpc) is 2.75. The molecule has 0 saturated carbocycles. The van der Waals surface area contributed by atoms with Crippen LogP contribution in [-0.2, 0) is 4.74 Å². The van der Waals surface area contributed by atoms with Crippen molar-refractivity contribution in [2.75, 3.05) is 47.1 Å². The fourth-order valence-electron chi connectivity index (χ4n) is 3.23. The summed E-state index contributed by atoms with van der Waals surface area (Å²) in [5, 5.41) is 3.07. The van der Waals surface area contributed by atoms with Gasteiger partial charge in [0.1, 0.15) is 11.5 Å². The van der Waals surface area contributed by atoms with E-state index >= 15 is 0 Å². The smallest absolute Gasteiger partial charge is 0.251 e. The summed E-state index contributed by atoms with van der Waals surface area (Å²) in [7, 11) is 3.25. The van der Waals surface area contributed by atoms with Gasteiger partial charge >= 0.3 is 0 Å². The second-order valence-electron chi connectivity index (χ2n) is 6.38. The molecule has 1 fully saturated rings. The standard InChI is InChI=1S/C21H26N2O4/c1-25-18-8-6-16(7-9-18)20(23-10-12-27-13-11-23)15-22-21(24)17-4-3-5-19(14-17)26-2/h3-9,14,20H,10-13,15H2,1-2H3,(H,22,24)/t20-/m1/s1. The normalized spacial score (nSPS) is 15.8. The number of nitrogens with one attached hydrogen (secondary N) is 1. The highest BCUT2D eigenvalue weighted by Gasteiger charge is 2.23. The van der Waals surface area contributed by atoms with Crippen LogP contribution >= 0.6 is 0 Å². The maximum atomic E-state index is 12.6. The Morgan fingerprint density at radius 2 is 1.78 bits per heavy atom. The van der Waals surface area contributed by atoms with E-state index in [1.165, 1.54) is 0 Å². The predicted molar refractivity (Wildman–Crippen MR) is 103 cm³/mol. The van der Waals surface area contributed by atoms with Crippen molar-refractivity contribution in [1.82, 2.24) is 10.2 Å². The van der Waals surface area contributed by atoms with Crippen molar-refractivity contribution in [3.8, 4) is 11.5 Å². The fraction of sp³-hybridized carbons (Fsp3) is 0.381. The summed E-state index contributed by atoms with van der Waals surface area (Å²) in [4.78, 5) is 14.9. The molecule has 2 aromatic rings. The molecule has 6 nitrogen and oxygen atoms in total. The number of benzene rings is 2. The summed E-state index contributed by atoms with van der Waals surface area (Å²) in [5.41, 5.74) is 1.73. The molecule has 1 heterocycles. The molecule has 0 spiro atoms. The van der Waals surface area contributed by atoms with Crippen LogP contribution in [0.2, 0.25) is 0 Å². The molecule has 1 aliphatic heterocycles. The zero-order valence-corrected chi connectivity index (χ0v) is 15.8. The van der Waals surface area contributed by atoms with Crippen LogP contribution in [0.4, 0.5) is 0 Å². The third-order valence-electron chi connectivity index (χ3n) is 4.77. The fourth-order valence-corrected chi connectivity index (χ4v) is 3.23. The molecule has 27 heavy (non-hydrogen) atoms. The van der Waals surface area contributed by atoms with Crippen LogP contribution in [0.25, 0.3) is 0 Å². The monoisotopic (exact) mass is 370 g/mol. The lowest BCUT2D eigenvalue weighted by Gasteiger charge is -2.35. The second kappa shape index (κ2) is 9.39. The number of nitrogens with zero attached hydrogens (tertiary/aromatic N) is 1. The Morgan fingerprint density at radius 3 is 2.44 bits per heavy atom. The summed E-state index contributed by atoms with van der Waals surface area (Å²) in [6.07, 6.45) is 0. The van der Waals surface area contributed by atoms with Crippen molar-refractivity contribution in [1.29, 1.82) is 0 Å². The number of rotatable bonds is 7. The topological polar surface area (TPSA) is 60.0 Å². The highest BCUT2D eigenvalue weighted by Crippen LogP contribution is 2.24. The summed E-state index contributed by atoms with van der Waals surface area (Å²) in [6.45, 7) is 3.60. The van der Waals surface area contributed by atoms with Gasteiger partial charge in [0, 0.05) is 25.2 Å². The molecule has 2 aromatic carbocycles.